The van der Waals surface area contributed by atoms with Gasteiger partial charge in [-0.1, -0.05) is 20.3 Å². The second kappa shape index (κ2) is 11.5. The summed E-state index contributed by atoms with van der Waals surface area (Å²) in [6.07, 6.45) is -1.45. The standard InChI is InChI=1S/C12H24N2O4.CH2O3/c1-5-6-12(4,7-17-10(13)15)8-18-11(16)14-9(2)3;2-1(3)4/h9H,5-8H2,1-4H3,(H2,13,15)(H,14,16);(H2,2,3,4). The van der Waals surface area contributed by atoms with Crippen LogP contribution in [0.15, 0.2) is 0 Å². The van der Waals surface area contributed by atoms with Gasteiger partial charge in [-0.3, -0.25) is 0 Å². The van der Waals surface area contributed by atoms with E-state index in [2.05, 4.69) is 5.32 Å². The second-order valence-electron chi connectivity index (χ2n) is 5.33. The topological polar surface area (TPSA) is 148 Å². The van der Waals surface area contributed by atoms with Gasteiger partial charge >= 0.3 is 18.3 Å². The molecule has 0 radical (unpaired) electrons. The molecule has 0 saturated carbocycles. The average molecular weight is 322 g/mol. The van der Waals surface area contributed by atoms with E-state index < -0.39 is 23.8 Å². The third-order valence-electron chi connectivity index (χ3n) is 2.37. The van der Waals surface area contributed by atoms with Crippen LogP contribution in [0, 0.1) is 5.41 Å². The zero-order valence-corrected chi connectivity index (χ0v) is 13.4. The number of nitrogens with two attached hydrogens (primary N) is 1. The van der Waals surface area contributed by atoms with Crippen LogP contribution in [-0.2, 0) is 9.47 Å². The smallest absolute Gasteiger partial charge is 0.450 e. The number of alkyl carbamates (subject to hydrolysis) is 1. The summed E-state index contributed by atoms with van der Waals surface area (Å²) in [5.41, 5.74) is 4.53. The molecule has 9 nitrogen and oxygen atoms in total. The molecule has 0 aliphatic heterocycles. The molecular weight excluding hydrogens is 296 g/mol. The Morgan fingerprint density at radius 3 is 2.00 bits per heavy atom. The Kier molecular flexibility index (Phi) is 11.5. The van der Waals surface area contributed by atoms with Crippen LogP contribution in [0.3, 0.4) is 0 Å². The van der Waals surface area contributed by atoms with Gasteiger partial charge in [-0.15, -0.1) is 0 Å². The van der Waals surface area contributed by atoms with Crippen LogP contribution in [-0.4, -0.2) is 47.8 Å². The van der Waals surface area contributed by atoms with Crippen molar-refractivity contribution in [3.8, 4) is 0 Å². The van der Waals surface area contributed by atoms with Gasteiger partial charge in [0.1, 0.15) is 13.2 Å². The summed E-state index contributed by atoms with van der Waals surface area (Å²) in [7, 11) is 0. The first kappa shape index (κ1) is 22.1. The highest BCUT2D eigenvalue weighted by atomic mass is 16.6. The number of carbonyl (C=O) groups is 3. The van der Waals surface area contributed by atoms with Crippen LogP contribution in [0.1, 0.15) is 40.5 Å². The van der Waals surface area contributed by atoms with Gasteiger partial charge in [0.2, 0.25) is 0 Å². The molecule has 0 heterocycles. The lowest BCUT2D eigenvalue weighted by molar-refractivity contribution is 0.0332. The summed E-state index contributed by atoms with van der Waals surface area (Å²) in [4.78, 5) is 30.5. The summed E-state index contributed by atoms with van der Waals surface area (Å²) < 4.78 is 9.92. The molecule has 0 aromatic carbocycles. The highest BCUT2D eigenvalue weighted by Crippen LogP contribution is 2.24. The van der Waals surface area contributed by atoms with E-state index in [0.29, 0.717) is 0 Å². The van der Waals surface area contributed by atoms with E-state index in [0.717, 1.165) is 12.8 Å². The first-order valence-electron chi connectivity index (χ1n) is 6.80. The average Bonchev–Trinajstić information content (AvgIpc) is 2.33. The normalized spacial score (nSPS) is 12.4. The molecule has 0 rings (SSSR count). The van der Waals surface area contributed by atoms with E-state index in [9.17, 15) is 9.59 Å². The van der Waals surface area contributed by atoms with E-state index in [1.807, 2.05) is 27.7 Å². The molecule has 1 unspecified atom stereocenters. The summed E-state index contributed by atoms with van der Waals surface area (Å²) in [5.74, 6) is 0. The molecule has 0 aliphatic rings. The van der Waals surface area contributed by atoms with Crippen LogP contribution in [0.4, 0.5) is 14.4 Å². The number of carbonyl (C=O) groups excluding carboxylic acids is 2. The fraction of sp³-hybridized carbons (Fsp3) is 0.769. The van der Waals surface area contributed by atoms with E-state index in [4.69, 9.17) is 30.2 Å². The van der Waals surface area contributed by atoms with Gasteiger partial charge in [-0.05, 0) is 20.3 Å². The Balaban J connectivity index is 0. The first-order chi connectivity index (χ1) is 10.0. The van der Waals surface area contributed by atoms with Crippen molar-refractivity contribution in [1.82, 2.24) is 5.32 Å². The summed E-state index contributed by atoms with van der Waals surface area (Å²) in [6.45, 7) is 7.93. The maximum absolute atomic E-state index is 11.4. The molecule has 0 aromatic heterocycles. The molecule has 0 aromatic rings. The van der Waals surface area contributed by atoms with Crippen LogP contribution >= 0.6 is 0 Å². The fourth-order valence-electron chi connectivity index (χ4n) is 1.55. The van der Waals surface area contributed by atoms with Crippen molar-refractivity contribution in [1.29, 1.82) is 0 Å². The van der Waals surface area contributed by atoms with E-state index in [1.165, 1.54) is 0 Å². The molecule has 0 aliphatic carbocycles. The quantitative estimate of drug-likeness (QED) is 0.561. The Bertz CT molecular complexity index is 356. The maximum atomic E-state index is 11.4. The number of hydrogen-bond donors (Lipinski definition) is 4. The molecule has 0 fully saturated rings. The molecule has 5 N–H and O–H groups in total. The van der Waals surface area contributed by atoms with E-state index >= 15 is 0 Å². The predicted octanol–water partition coefficient (Wildman–Crippen LogP) is 2.25. The molecule has 0 spiro atoms. The number of rotatable bonds is 7. The Hall–Kier alpha value is -2.19. The fourth-order valence-corrected chi connectivity index (χ4v) is 1.55. The largest absolute Gasteiger partial charge is 0.503 e. The van der Waals surface area contributed by atoms with Gasteiger partial charge in [0.25, 0.3) is 0 Å². The molecule has 0 saturated heterocycles. The van der Waals surface area contributed by atoms with Crippen molar-refractivity contribution in [3.63, 3.8) is 0 Å². The van der Waals surface area contributed by atoms with Crippen molar-refractivity contribution in [2.75, 3.05) is 13.2 Å². The number of primary amides is 1. The molecule has 1 atom stereocenters. The van der Waals surface area contributed by atoms with E-state index in [1.54, 1.807) is 0 Å². The lowest BCUT2D eigenvalue weighted by atomic mass is 9.87. The van der Waals surface area contributed by atoms with Gasteiger partial charge < -0.3 is 30.7 Å². The molecule has 0 bridgehead atoms. The minimum Gasteiger partial charge on any atom is -0.450 e. The zero-order chi connectivity index (χ0) is 17.8. The first-order valence-corrected chi connectivity index (χ1v) is 6.80. The minimum atomic E-state index is -1.83. The monoisotopic (exact) mass is 322 g/mol. The minimum absolute atomic E-state index is 0.0248. The molecule has 2 amide bonds. The van der Waals surface area contributed by atoms with Crippen LogP contribution < -0.4 is 11.1 Å². The molecule has 9 heteroatoms. The van der Waals surface area contributed by atoms with Crippen LogP contribution in [0.5, 0.6) is 0 Å². The maximum Gasteiger partial charge on any atom is 0.503 e. The number of carboxylic acid groups (broad SMARTS) is 2. The van der Waals surface area contributed by atoms with Crippen LogP contribution in [0.2, 0.25) is 0 Å². The molecule has 22 heavy (non-hydrogen) atoms. The Morgan fingerprint density at radius 2 is 1.64 bits per heavy atom. The van der Waals surface area contributed by atoms with Crippen molar-refractivity contribution in [2.45, 2.75) is 46.6 Å². The third-order valence-corrected chi connectivity index (χ3v) is 2.37. The number of hydrogen-bond acceptors (Lipinski definition) is 5. The van der Waals surface area contributed by atoms with Gasteiger partial charge in [-0.25, -0.2) is 14.4 Å². The van der Waals surface area contributed by atoms with Gasteiger partial charge in [0, 0.05) is 11.5 Å². The lowest BCUT2D eigenvalue weighted by Crippen LogP contribution is -2.37. The number of ether oxygens (including phenoxy) is 2. The summed E-state index contributed by atoms with van der Waals surface area (Å²) >= 11 is 0. The Morgan fingerprint density at radius 1 is 1.18 bits per heavy atom. The highest BCUT2D eigenvalue weighted by Gasteiger charge is 2.27. The van der Waals surface area contributed by atoms with Crippen molar-refractivity contribution < 1.29 is 34.1 Å². The SMILES string of the molecule is CCCC(C)(COC(N)=O)COC(=O)NC(C)C.O=C(O)O. The summed E-state index contributed by atoms with van der Waals surface area (Å²) in [5, 5.41) is 16.6. The number of nitrogens with one attached hydrogen (secondary N) is 1. The second-order valence-corrected chi connectivity index (χ2v) is 5.33. The Labute approximate surface area is 129 Å². The van der Waals surface area contributed by atoms with E-state index in [-0.39, 0.29) is 19.3 Å². The lowest BCUT2D eigenvalue weighted by Gasteiger charge is -2.27. The zero-order valence-electron chi connectivity index (χ0n) is 13.4. The third kappa shape index (κ3) is 15.9. The van der Waals surface area contributed by atoms with Crippen molar-refractivity contribution in [3.05, 3.63) is 0 Å². The van der Waals surface area contributed by atoms with Gasteiger partial charge in [-0.2, -0.15) is 0 Å². The molecule has 130 valence electrons. The molecular formula is C13H26N2O7. The highest BCUT2D eigenvalue weighted by molar-refractivity contribution is 5.67. The number of amides is 2. The summed E-state index contributed by atoms with van der Waals surface area (Å²) in [6, 6.07) is 0.0248. The van der Waals surface area contributed by atoms with Crippen LogP contribution in [0.25, 0.3) is 0 Å². The van der Waals surface area contributed by atoms with Gasteiger partial charge in [0.05, 0.1) is 0 Å². The predicted molar refractivity (Wildman–Crippen MR) is 78.8 cm³/mol. The van der Waals surface area contributed by atoms with Crippen molar-refractivity contribution >= 4 is 18.3 Å². The van der Waals surface area contributed by atoms with Crippen molar-refractivity contribution in [2.24, 2.45) is 11.1 Å². The van der Waals surface area contributed by atoms with Gasteiger partial charge in [0.15, 0.2) is 0 Å².